The van der Waals surface area contributed by atoms with E-state index in [4.69, 9.17) is 18.6 Å². The standard InChI is InChI=1S/C37H38O6/c1-37(2,3)17-16-29(38)25-42-30-14-15-33-34(39)22-35(43-36(33)21-30)28-18-31(40-23-26-10-6-4-7-11-26)20-32(19-28)41-24-27-12-8-5-9-13-27/h4-15,18-22,29,38H,16-17,23-25H2,1-3H3/t29-/m1/s1. The summed E-state index contributed by atoms with van der Waals surface area (Å²) in [4.78, 5) is 13.1. The van der Waals surface area contributed by atoms with Gasteiger partial charge in [-0.25, -0.2) is 0 Å². The maximum atomic E-state index is 13.1. The van der Waals surface area contributed by atoms with E-state index in [1.807, 2.05) is 78.9 Å². The summed E-state index contributed by atoms with van der Waals surface area (Å²) in [5, 5.41) is 10.8. The van der Waals surface area contributed by atoms with Crippen LogP contribution >= 0.6 is 0 Å². The molecule has 1 N–H and O–H groups in total. The summed E-state index contributed by atoms with van der Waals surface area (Å²) in [6.07, 6.45) is 0.952. The minimum Gasteiger partial charge on any atom is -0.491 e. The van der Waals surface area contributed by atoms with Crippen molar-refractivity contribution in [2.45, 2.75) is 52.9 Å². The highest BCUT2D eigenvalue weighted by molar-refractivity contribution is 5.80. The summed E-state index contributed by atoms with van der Waals surface area (Å²) in [6, 6.07) is 31.9. The van der Waals surface area contributed by atoms with Gasteiger partial charge in [0.2, 0.25) is 0 Å². The van der Waals surface area contributed by atoms with Crippen molar-refractivity contribution in [2.75, 3.05) is 6.61 Å². The predicted octanol–water partition coefficient (Wildman–Crippen LogP) is 8.18. The molecule has 1 atom stereocenters. The first-order chi connectivity index (χ1) is 20.7. The Morgan fingerprint density at radius 2 is 1.33 bits per heavy atom. The molecule has 0 aliphatic carbocycles. The van der Waals surface area contributed by atoms with E-state index in [1.165, 1.54) is 6.07 Å². The smallest absolute Gasteiger partial charge is 0.193 e. The Bertz CT molecular complexity index is 1620. The Hall–Kier alpha value is -4.55. The topological polar surface area (TPSA) is 78.1 Å². The minimum atomic E-state index is -0.582. The van der Waals surface area contributed by atoms with Crippen LogP contribution in [0.1, 0.15) is 44.7 Å². The number of hydrogen-bond acceptors (Lipinski definition) is 6. The van der Waals surface area contributed by atoms with Gasteiger partial charge in [0.25, 0.3) is 0 Å². The van der Waals surface area contributed by atoms with Crippen molar-refractivity contribution >= 4 is 11.0 Å². The van der Waals surface area contributed by atoms with Crippen molar-refractivity contribution in [3.8, 4) is 28.6 Å². The predicted molar refractivity (Wildman–Crippen MR) is 170 cm³/mol. The van der Waals surface area contributed by atoms with Crippen LogP contribution in [0.15, 0.2) is 112 Å². The van der Waals surface area contributed by atoms with Crippen LogP contribution in [0.5, 0.6) is 17.2 Å². The highest BCUT2D eigenvalue weighted by Gasteiger charge is 2.15. The SMILES string of the molecule is CC(C)(C)CC[C@@H](O)COc1ccc2c(=O)cc(-c3cc(OCc4ccccc4)cc(OCc4ccccc4)c3)oc2c1. The fraction of sp³-hybridized carbons (Fsp3) is 0.270. The van der Waals surface area contributed by atoms with E-state index in [2.05, 4.69) is 20.8 Å². The fourth-order valence-corrected chi connectivity index (χ4v) is 4.61. The molecular weight excluding hydrogens is 540 g/mol. The Morgan fingerprint density at radius 3 is 1.91 bits per heavy atom. The number of rotatable bonds is 12. The molecule has 0 spiro atoms. The zero-order valence-electron chi connectivity index (χ0n) is 24.9. The van der Waals surface area contributed by atoms with Crippen molar-refractivity contribution in [1.29, 1.82) is 0 Å². The second kappa shape index (κ2) is 13.6. The monoisotopic (exact) mass is 578 g/mol. The van der Waals surface area contributed by atoms with Gasteiger partial charge in [-0.1, -0.05) is 81.4 Å². The summed E-state index contributed by atoms with van der Waals surface area (Å²) >= 11 is 0. The summed E-state index contributed by atoms with van der Waals surface area (Å²) < 4.78 is 24.4. The molecule has 0 radical (unpaired) electrons. The zero-order chi connectivity index (χ0) is 30.2. The van der Waals surface area contributed by atoms with Gasteiger partial charge in [-0.05, 0) is 53.6 Å². The molecule has 0 fully saturated rings. The number of aliphatic hydroxyl groups is 1. The van der Waals surface area contributed by atoms with Gasteiger partial charge in [-0.15, -0.1) is 0 Å². The van der Waals surface area contributed by atoms with Crippen molar-refractivity contribution in [2.24, 2.45) is 5.41 Å². The van der Waals surface area contributed by atoms with Gasteiger partial charge in [-0.3, -0.25) is 4.79 Å². The van der Waals surface area contributed by atoms with Crippen molar-refractivity contribution < 1.29 is 23.7 Å². The summed E-state index contributed by atoms with van der Waals surface area (Å²) in [6.45, 7) is 7.36. The lowest BCUT2D eigenvalue weighted by Gasteiger charge is -2.20. The van der Waals surface area contributed by atoms with Crippen molar-refractivity contribution in [1.82, 2.24) is 0 Å². The van der Waals surface area contributed by atoms with Gasteiger partial charge in [0.05, 0.1) is 11.5 Å². The third-order valence-electron chi connectivity index (χ3n) is 7.03. The second-order valence-corrected chi connectivity index (χ2v) is 11.9. The molecule has 0 saturated carbocycles. The van der Waals surface area contributed by atoms with Gasteiger partial charge in [0.15, 0.2) is 5.43 Å². The van der Waals surface area contributed by atoms with Crippen LogP contribution in [-0.2, 0) is 13.2 Å². The van der Waals surface area contributed by atoms with Crippen LogP contribution in [0, 0.1) is 5.41 Å². The maximum absolute atomic E-state index is 13.1. The molecule has 4 aromatic carbocycles. The molecule has 5 aromatic rings. The molecule has 1 heterocycles. The highest BCUT2D eigenvalue weighted by Crippen LogP contribution is 2.32. The average Bonchev–Trinajstić information content (AvgIpc) is 3.01. The fourth-order valence-electron chi connectivity index (χ4n) is 4.61. The van der Waals surface area contributed by atoms with E-state index in [9.17, 15) is 9.90 Å². The Kier molecular flexibility index (Phi) is 9.48. The van der Waals surface area contributed by atoms with E-state index < -0.39 is 6.10 Å². The first-order valence-corrected chi connectivity index (χ1v) is 14.6. The van der Waals surface area contributed by atoms with Gasteiger partial charge >= 0.3 is 0 Å². The maximum Gasteiger partial charge on any atom is 0.193 e. The lowest BCUT2D eigenvalue weighted by Crippen LogP contribution is -2.20. The van der Waals surface area contributed by atoms with E-state index in [1.54, 1.807) is 18.2 Å². The third kappa shape index (κ3) is 8.72. The molecule has 6 heteroatoms. The molecule has 0 unspecified atom stereocenters. The molecule has 0 bridgehead atoms. The molecule has 5 rings (SSSR count). The Labute approximate surface area is 252 Å². The second-order valence-electron chi connectivity index (χ2n) is 11.9. The number of benzene rings is 4. The first kappa shape index (κ1) is 29.9. The summed E-state index contributed by atoms with van der Waals surface area (Å²) in [5.74, 6) is 2.09. The molecule has 1 aromatic heterocycles. The van der Waals surface area contributed by atoms with E-state index in [0.717, 1.165) is 17.5 Å². The normalized spacial score (nSPS) is 12.2. The number of hydrogen-bond donors (Lipinski definition) is 1. The quantitative estimate of drug-likeness (QED) is 0.161. The van der Waals surface area contributed by atoms with E-state index >= 15 is 0 Å². The van der Waals surface area contributed by atoms with E-state index in [-0.39, 0.29) is 17.5 Å². The van der Waals surface area contributed by atoms with Crippen LogP contribution in [0.2, 0.25) is 0 Å². The van der Waals surface area contributed by atoms with Crippen LogP contribution in [0.25, 0.3) is 22.3 Å². The number of ether oxygens (including phenoxy) is 3. The van der Waals surface area contributed by atoms with Crippen LogP contribution in [0.4, 0.5) is 0 Å². The molecule has 0 saturated heterocycles. The van der Waals surface area contributed by atoms with Gasteiger partial charge in [0, 0.05) is 23.8 Å². The number of fused-ring (bicyclic) bond motifs is 1. The van der Waals surface area contributed by atoms with Crippen molar-refractivity contribution in [3.05, 3.63) is 124 Å². The molecule has 6 nitrogen and oxygen atoms in total. The Morgan fingerprint density at radius 1 is 0.721 bits per heavy atom. The molecule has 0 aliphatic rings. The van der Waals surface area contributed by atoms with Gasteiger partial charge < -0.3 is 23.7 Å². The molecule has 43 heavy (non-hydrogen) atoms. The van der Waals surface area contributed by atoms with Crippen LogP contribution in [-0.4, -0.2) is 17.8 Å². The van der Waals surface area contributed by atoms with E-state index in [0.29, 0.717) is 59.2 Å². The van der Waals surface area contributed by atoms with Gasteiger partial charge in [0.1, 0.15) is 48.4 Å². The molecular formula is C37H38O6. The molecule has 0 amide bonds. The van der Waals surface area contributed by atoms with Crippen LogP contribution in [0.3, 0.4) is 0 Å². The molecule has 222 valence electrons. The van der Waals surface area contributed by atoms with Gasteiger partial charge in [-0.2, -0.15) is 0 Å². The summed E-state index contributed by atoms with van der Waals surface area (Å²) in [7, 11) is 0. The van der Waals surface area contributed by atoms with Crippen LogP contribution < -0.4 is 19.6 Å². The minimum absolute atomic E-state index is 0.139. The largest absolute Gasteiger partial charge is 0.491 e. The summed E-state index contributed by atoms with van der Waals surface area (Å²) in [5.41, 5.74) is 3.08. The average molecular weight is 579 g/mol. The lowest BCUT2D eigenvalue weighted by molar-refractivity contribution is 0.0889. The zero-order valence-corrected chi connectivity index (χ0v) is 24.9. The Balaban J connectivity index is 1.40. The lowest BCUT2D eigenvalue weighted by atomic mass is 9.89. The molecule has 0 aliphatic heterocycles. The third-order valence-corrected chi connectivity index (χ3v) is 7.03. The first-order valence-electron chi connectivity index (χ1n) is 14.6. The van der Waals surface area contributed by atoms with Crippen molar-refractivity contribution in [3.63, 3.8) is 0 Å². The number of aliphatic hydroxyl groups excluding tert-OH is 1. The highest BCUT2D eigenvalue weighted by atomic mass is 16.5.